The van der Waals surface area contributed by atoms with Gasteiger partial charge >= 0.3 is 12.3 Å². The molecule has 2 aromatic carbocycles. The van der Waals surface area contributed by atoms with Crippen LogP contribution in [0.15, 0.2) is 53.5 Å². The zero-order valence-corrected chi connectivity index (χ0v) is 23.2. The number of hydrogen-bond acceptors (Lipinski definition) is 5. The van der Waals surface area contributed by atoms with Gasteiger partial charge in [-0.05, 0) is 47.2 Å². The van der Waals surface area contributed by atoms with E-state index in [1.165, 1.54) is 30.5 Å². The minimum Gasteiger partial charge on any atom is -0.493 e. The number of hydrogen-bond donors (Lipinski definition) is 1. The van der Waals surface area contributed by atoms with Gasteiger partial charge in [-0.25, -0.2) is 4.79 Å². The monoisotopic (exact) mass is 561 g/mol. The number of pyridine rings is 1. The fourth-order valence-electron chi connectivity index (χ4n) is 4.05. The van der Waals surface area contributed by atoms with Crippen LogP contribution < -0.4 is 14.9 Å². The van der Waals surface area contributed by atoms with Crippen LogP contribution in [-0.4, -0.2) is 42.3 Å². The maximum absolute atomic E-state index is 12.8. The molecule has 1 aromatic heterocycles. The van der Waals surface area contributed by atoms with E-state index >= 15 is 0 Å². The molecule has 40 heavy (non-hydrogen) atoms. The minimum atomic E-state index is -4.84. The number of aromatic nitrogens is 1. The normalized spacial score (nSPS) is 12.5. The molecule has 1 aliphatic rings. The van der Waals surface area contributed by atoms with Gasteiger partial charge in [0, 0.05) is 50.1 Å². The van der Waals surface area contributed by atoms with Crippen LogP contribution in [0.25, 0.3) is 22.4 Å². The van der Waals surface area contributed by atoms with Crippen LogP contribution in [0.4, 0.5) is 13.2 Å². The highest BCUT2D eigenvalue weighted by molar-refractivity contribution is 5.88. The second kappa shape index (κ2) is 12.6. The lowest BCUT2D eigenvalue weighted by Crippen LogP contribution is -2.22. The van der Waals surface area contributed by atoms with Crippen LogP contribution in [-0.2, 0) is 17.7 Å². The Morgan fingerprint density at radius 3 is 2.35 bits per heavy atom. The van der Waals surface area contributed by atoms with E-state index < -0.39 is 17.8 Å². The molecular weight excluding hydrogens is 527 g/mol. The van der Waals surface area contributed by atoms with Crippen molar-refractivity contribution in [1.82, 2.24) is 4.57 Å². The predicted molar refractivity (Wildman–Crippen MR) is 146 cm³/mol. The van der Waals surface area contributed by atoms with Crippen molar-refractivity contribution >= 4 is 5.97 Å². The van der Waals surface area contributed by atoms with Crippen molar-refractivity contribution in [2.75, 3.05) is 20.3 Å². The number of benzene rings is 2. The van der Waals surface area contributed by atoms with Gasteiger partial charge < -0.3 is 23.9 Å². The molecule has 0 unspecified atom stereocenters. The molecule has 0 aliphatic carbocycles. The first-order valence-corrected chi connectivity index (χ1v) is 12.8. The average molecular weight is 562 g/mol. The molecule has 0 saturated heterocycles. The van der Waals surface area contributed by atoms with Gasteiger partial charge in [-0.3, -0.25) is 4.79 Å². The molecule has 10 heteroatoms. The van der Waals surface area contributed by atoms with E-state index in [9.17, 15) is 27.9 Å². The molecule has 0 bridgehead atoms. The third-order valence-electron chi connectivity index (χ3n) is 5.59. The summed E-state index contributed by atoms with van der Waals surface area (Å²) in [6.45, 7) is 10.0. The lowest BCUT2D eigenvalue weighted by Gasteiger charge is -2.25. The number of rotatable bonds is 8. The summed E-state index contributed by atoms with van der Waals surface area (Å²) in [6, 6.07) is 10.4. The van der Waals surface area contributed by atoms with Crippen molar-refractivity contribution in [1.29, 1.82) is 0 Å². The first kappa shape index (κ1) is 30.7. The Labute approximate surface area is 231 Å². The Morgan fingerprint density at radius 1 is 1.02 bits per heavy atom. The second-order valence-electron chi connectivity index (χ2n) is 11.0. The van der Waals surface area contributed by atoms with Crippen LogP contribution >= 0.6 is 0 Å². The Bertz CT molecular complexity index is 1400. The number of carboxylic acids is 1. The highest BCUT2D eigenvalue weighted by Gasteiger charge is 2.31. The Kier molecular flexibility index (Phi) is 9.68. The first-order chi connectivity index (χ1) is 18.7. The van der Waals surface area contributed by atoms with Gasteiger partial charge in [-0.15, -0.1) is 13.2 Å². The molecule has 0 fully saturated rings. The lowest BCUT2D eigenvalue weighted by atomic mass is 9.91. The standard InChI is InChI=1S/C25H22F3NO6.C5H12/c1-33-8-3-9-34-23-11-16-6-7-29-14-20(24(31)32)22(30)13-21(29)18(16)12-19(23)15-4-2-5-17(10-15)35-25(26,27)28;1-5(2,3)4/h2,4-5,10-14H,3,6-9H2,1H3,(H,31,32);1-4H3. The van der Waals surface area contributed by atoms with E-state index in [0.29, 0.717) is 66.1 Å². The Morgan fingerprint density at radius 2 is 1.73 bits per heavy atom. The summed E-state index contributed by atoms with van der Waals surface area (Å²) in [5.74, 6) is -1.21. The van der Waals surface area contributed by atoms with Crippen molar-refractivity contribution in [3.8, 4) is 33.9 Å². The first-order valence-electron chi connectivity index (χ1n) is 12.8. The van der Waals surface area contributed by atoms with Gasteiger partial charge in [0.25, 0.3) is 0 Å². The fraction of sp³-hybridized carbons (Fsp3) is 0.400. The zero-order valence-electron chi connectivity index (χ0n) is 23.2. The van der Waals surface area contributed by atoms with Gasteiger partial charge in [0.15, 0.2) is 5.43 Å². The quantitative estimate of drug-likeness (QED) is 0.304. The summed E-state index contributed by atoms with van der Waals surface area (Å²) >= 11 is 0. The SMILES string of the molecule is CC(C)(C)C.COCCCOc1cc2c(cc1-c1cccc(OC(F)(F)F)c1)-c1cc(=O)c(C(=O)O)cn1CC2. The molecule has 0 atom stereocenters. The second-order valence-corrected chi connectivity index (χ2v) is 11.0. The number of nitrogens with zero attached hydrogens (tertiary/aromatic N) is 1. The van der Waals surface area contributed by atoms with Gasteiger partial charge in [-0.2, -0.15) is 0 Å². The van der Waals surface area contributed by atoms with Crippen molar-refractivity contribution in [3.05, 3.63) is 70.0 Å². The van der Waals surface area contributed by atoms with E-state index in [1.54, 1.807) is 23.8 Å². The van der Waals surface area contributed by atoms with E-state index in [2.05, 4.69) is 32.4 Å². The summed E-state index contributed by atoms with van der Waals surface area (Å²) in [7, 11) is 1.58. The third kappa shape index (κ3) is 8.61. The fourth-order valence-corrected chi connectivity index (χ4v) is 4.05. The van der Waals surface area contributed by atoms with Crippen LogP contribution in [0.1, 0.15) is 50.0 Å². The number of fused-ring (bicyclic) bond motifs is 3. The van der Waals surface area contributed by atoms with E-state index in [-0.39, 0.29) is 11.3 Å². The summed E-state index contributed by atoms with van der Waals surface area (Å²) < 4.78 is 55.1. The largest absolute Gasteiger partial charge is 0.573 e. The highest BCUT2D eigenvalue weighted by Crippen LogP contribution is 2.40. The Hall–Kier alpha value is -3.79. The highest BCUT2D eigenvalue weighted by atomic mass is 19.4. The molecule has 0 saturated carbocycles. The number of carbonyl (C=O) groups is 1. The van der Waals surface area contributed by atoms with Crippen LogP contribution in [0.5, 0.6) is 11.5 Å². The molecule has 0 radical (unpaired) electrons. The minimum absolute atomic E-state index is 0.326. The number of methoxy groups -OCH3 is 1. The van der Waals surface area contributed by atoms with E-state index in [0.717, 1.165) is 5.56 Å². The summed E-state index contributed by atoms with van der Waals surface area (Å²) in [4.78, 5) is 23.8. The van der Waals surface area contributed by atoms with E-state index in [1.807, 2.05) is 6.07 Å². The van der Waals surface area contributed by atoms with Crippen molar-refractivity contribution in [2.45, 2.75) is 53.4 Å². The maximum Gasteiger partial charge on any atom is 0.573 e. The van der Waals surface area contributed by atoms with Crippen LogP contribution in [0, 0.1) is 5.41 Å². The van der Waals surface area contributed by atoms with Gasteiger partial charge in [0.1, 0.15) is 17.1 Å². The van der Waals surface area contributed by atoms with Crippen molar-refractivity contribution in [3.63, 3.8) is 0 Å². The van der Waals surface area contributed by atoms with Gasteiger partial charge in [0.2, 0.25) is 0 Å². The Balaban J connectivity index is 0.000000810. The average Bonchev–Trinajstić information content (AvgIpc) is 2.83. The molecule has 4 rings (SSSR count). The lowest BCUT2D eigenvalue weighted by molar-refractivity contribution is -0.274. The third-order valence-corrected chi connectivity index (χ3v) is 5.59. The molecule has 1 N–H and O–H groups in total. The maximum atomic E-state index is 12.8. The molecule has 1 aliphatic heterocycles. The number of halogens is 3. The number of carboxylic acid groups (broad SMARTS) is 1. The van der Waals surface area contributed by atoms with Crippen molar-refractivity contribution in [2.24, 2.45) is 5.41 Å². The summed E-state index contributed by atoms with van der Waals surface area (Å²) in [5, 5.41) is 9.29. The molecule has 2 heterocycles. The smallest absolute Gasteiger partial charge is 0.493 e. The van der Waals surface area contributed by atoms with Crippen LogP contribution in [0.3, 0.4) is 0 Å². The molecule has 216 valence electrons. The molecular formula is C30H34F3NO6. The number of aryl methyl sites for hydroxylation is 2. The van der Waals surface area contributed by atoms with Gasteiger partial charge in [-0.1, -0.05) is 39.8 Å². The summed E-state index contributed by atoms with van der Waals surface area (Å²) in [6.07, 6.45) is -2.36. The molecule has 0 spiro atoms. The number of aromatic carboxylic acids is 1. The van der Waals surface area contributed by atoms with Crippen molar-refractivity contribution < 1.29 is 37.3 Å². The predicted octanol–water partition coefficient (Wildman–Crippen LogP) is 6.80. The van der Waals surface area contributed by atoms with Gasteiger partial charge in [0.05, 0.1) is 12.3 Å². The summed E-state index contributed by atoms with van der Waals surface area (Å²) in [5.41, 5.74) is 2.56. The number of alkyl halides is 3. The molecule has 0 amide bonds. The van der Waals surface area contributed by atoms with Crippen LogP contribution in [0.2, 0.25) is 0 Å². The molecule has 3 aromatic rings. The zero-order chi connectivity index (χ0) is 29.7. The topological polar surface area (TPSA) is 87.0 Å². The molecule has 7 nitrogen and oxygen atoms in total. The van der Waals surface area contributed by atoms with E-state index in [4.69, 9.17) is 9.47 Å². The number of ether oxygens (including phenoxy) is 3.